The number of anilines is 2. The molecule has 3 aromatic rings. The summed E-state index contributed by atoms with van der Waals surface area (Å²) in [5.74, 6) is 1.71. The van der Waals surface area contributed by atoms with Gasteiger partial charge < -0.3 is 15.4 Å². The molecule has 1 amide bonds. The fourth-order valence-corrected chi connectivity index (χ4v) is 2.43. The Labute approximate surface area is 152 Å². The van der Waals surface area contributed by atoms with E-state index in [0.29, 0.717) is 17.2 Å². The third-order valence-electron chi connectivity index (χ3n) is 3.80. The average molecular weight is 348 g/mol. The summed E-state index contributed by atoms with van der Waals surface area (Å²) in [7, 11) is 1.66. The van der Waals surface area contributed by atoms with Gasteiger partial charge in [-0.3, -0.25) is 4.79 Å². The summed E-state index contributed by atoms with van der Waals surface area (Å²) in [5, 5.41) is 14.1. The first kappa shape index (κ1) is 17.4. The monoisotopic (exact) mass is 348 g/mol. The molecule has 0 aliphatic heterocycles. The van der Waals surface area contributed by atoms with Crippen LogP contribution >= 0.6 is 0 Å². The van der Waals surface area contributed by atoms with Crippen LogP contribution in [0.4, 0.5) is 11.6 Å². The topological polar surface area (TPSA) is 76.1 Å². The largest absolute Gasteiger partial charge is 0.497 e. The zero-order valence-electron chi connectivity index (χ0n) is 14.5. The molecule has 2 N–H and O–H groups in total. The van der Waals surface area contributed by atoms with Gasteiger partial charge in [0.15, 0.2) is 5.82 Å². The normalized spacial score (nSPS) is 10.2. The number of ether oxygens (including phenoxy) is 1. The van der Waals surface area contributed by atoms with Gasteiger partial charge in [0.25, 0.3) is 5.91 Å². The zero-order chi connectivity index (χ0) is 18.2. The molecule has 0 spiro atoms. The van der Waals surface area contributed by atoms with Crippen molar-refractivity contribution in [1.82, 2.24) is 10.2 Å². The molecule has 2 aromatic carbocycles. The van der Waals surface area contributed by atoms with Gasteiger partial charge in [-0.25, -0.2) is 0 Å². The molecule has 0 saturated heterocycles. The number of methoxy groups -OCH3 is 1. The predicted octanol–water partition coefficient (Wildman–Crippen LogP) is 3.39. The van der Waals surface area contributed by atoms with E-state index in [1.54, 1.807) is 31.4 Å². The van der Waals surface area contributed by atoms with Crippen molar-refractivity contribution in [2.45, 2.75) is 6.42 Å². The van der Waals surface area contributed by atoms with E-state index >= 15 is 0 Å². The van der Waals surface area contributed by atoms with Crippen molar-refractivity contribution in [3.05, 3.63) is 77.9 Å². The standard InChI is InChI=1S/C20H20N4O2/c1-26-17-9-5-6-15(14-17)12-13-21-18-10-11-19(24-23-18)22-20(25)16-7-3-2-4-8-16/h2-11,14H,12-13H2,1H3,(H,21,23)(H,22,24,25). The molecule has 0 saturated carbocycles. The Morgan fingerprint density at radius 2 is 1.73 bits per heavy atom. The van der Waals surface area contributed by atoms with E-state index in [4.69, 9.17) is 4.74 Å². The first-order valence-electron chi connectivity index (χ1n) is 8.31. The zero-order valence-corrected chi connectivity index (χ0v) is 14.5. The van der Waals surface area contributed by atoms with Crippen molar-refractivity contribution in [3.63, 3.8) is 0 Å². The maximum Gasteiger partial charge on any atom is 0.256 e. The highest BCUT2D eigenvalue weighted by atomic mass is 16.5. The van der Waals surface area contributed by atoms with Gasteiger partial charge in [-0.2, -0.15) is 0 Å². The van der Waals surface area contributed by atoms with Gasteiger partial charge in [-0.15, -0.1) is 10.2 Å². The first-order valence-corrected chi connectivity index (χ1v) is 8.31. The molecular formula is C20H20N4O2. The maximum absolute atomic E-state index is 12.1. The molecule has 1 heterocycles. The van der Waals surface area contributed by atoms with Crippen molar-refractivity contribution in [2.75, 3.05) is 24.3 Å². The third-order valence-corrected chi connectivity index (χ3v) is 3.80. The Morgan fingerprint density at radius 3 is 2.46 bits per heavy atom. The smallest absolute Gasteiger partial charge is 0.256 e. The predicted molar refractivity (Wildman–Crippen MR) is 102 cm³/mol. The van der Waals surface area contributed by atoms with E-state index in [2.05, 4.69) is 26.9 Å². The average Bonchev–Trinajstić information content (AvgIpc) is 2.70. The molecule has 6 heteroatoms. The van der Waals surface area contributed by atoms with Gasteiger partial charge in [0, 0.05) is 12.1 Å². The summed E-state index contributed by atoms with van der Waals surface area (Å²) in [6.45, 7) is 0.720. The lowest BCUT2D eigenvalue weighted by molar-refractivity contribution is 0.102. The highest BCUT2D eigenvalue weighted by Crippen LogP contribution is 2.13. The van der Waals surface area contributed by atoms with Crippen molar-refractivity contribution in [3.8, 4) is 5.75 Å². The van der Waals surface area contributed by atoms with Gasteiger partial charge in [0.1, 0.15) is 11.6 Å². The van der Waals surface area contributed by atoms with Crippen LogP contribution in [0.2, 0.25) is 0 Å². The number of benzene rings is 2. The number of aromatic nitrogens is 2. The molecule has 0 radical (unpaired) electrons. The lowest BCUT2D eigenvalue weighted by Crippen LogP contribution is -2.14. The molecule has 6 nitrogen and oxygen atoms in total. The van der Waals surface area contributed by atoms with Gasteiger partial charge in [-0.1, -0.05) is 30.3 Å². The number of carbonyl (C=O) groups is 1. The number of hydrogen-bond donors (Lipinski definition) is 2. The molecule has 0 unspecified atom stereocenters. The summed E-state index contributed by atoms with van der Waals surface area (Å²) in [5.41, 5.74) is 1.76. The number of nitrogens with one attached hydrogen (secondary N) is 2. The second-order valence-corrected chi connectivity index (χ2v) is 5.65. The SMILES string of the molecule is COc1cccc(CCNc2ccc(NC(=O)c3ccccc3)nn2)c1. The molecule has 0 atom stereocenters. The second kappa shape index (κ2) is 8.62. The Hall–Kier alpha value is -3.41. The second-order valence-electron chi connectivity index (χ2n) is 5.65. The van der Waals surface area contributed by atoms with Crippen LogP contribution < -0.4 is 15.4 Å². The fourth-order valence-electron chi connectivity index (χ4n) is 2.43. The number of nitrogens with zero attached hydrogens (tertiary/aromatic N) is 2. The lowest BCUT2D eigenvalue weighted by atomic mass is 10.1. The van der Waals surface area contributed by atoms with Crippen LogP contribution in [0.3, 0.4) is 0 Å². The minimum atomic E-state index is -0.210. The molecule has 0 aliphatic rings. The Kier molecular flexibility index (Phi) is 5.77. The highest BCUT2D eigenvalue weighted by molar-refractivity contribution is 6.03. The number of hydrogen-bond acceptors (Lipinski definition) is 5. The van der Waals surface area contributed by atoms with E-state index in [0.717, 1.165) is 18.7 Å². The van der Waals surface area contributed by atoms with Crippen molar-refractivity contribution in [1.29, 1.82) is 0 Å². The van der Waals surface area contributed by atoms with Crippen LogP contribution in [-0.2, 0) is 6.42 Å². The molecular weight excluding hydrogens is 328 g/mol. The van der Waals surface area contributed by atoms with Crippen molar-refractivity contribution in [2.24, 2.45) is 0 Å². The van der Waals surface area contributed by atoms with E-state index in [-0.39, 0.29) is 5.91 Å². The van der Waals surface area contributed by atoms with E-state index < -0.39 is 0 Å². The van der Waals surface area contributed by atoms with Crippen molar-refractivity contribution >= 4 is 17.5 Å². The van der Waals surface area contributed by atoms with Gasteiger partial charge in [0.05, 0.1) is 7.11 Å². The molecule has 0 bridgehead atoms. The minimum Gasteiger partial charge on any atom is -0.497 e. The van der Waals surface area contributed by atoms with Gasteiger partial charge >= 0.3 is 0 Å². The Balaban J connectivity index is 1.50. The van der Waals surface area contributed by atoms with Crippen LogP contribution in [0.1, 0.15) is 15.9 Å². The van der Waals surface area contributed by atoms with E-state index in [9.17, 15) is 4.79 Å². The van der Waals surface area contributed by atoms with Gasteiger partial charge in [0.2, 0.25) is 0 Å². The molecule has 0 aliphatic carbocycles. The summed E-state index contributed by atoms with van der Waals surface area (Å²) in [6.07, 6.45) is 0.839. The third kappa shape index (κ3) is 4.80. The quantitative estimate of drug-likeness (QED) is 0.684. The highest BCUT2D eigenvalue weighted by Gasteiger charge is 2.06. The van der Waals surface area contributed by atoms with E-state index in [1.165, 1.54) is 5.56 Å². The van der Waals surface area contributed by atoms with Gasteiger partial charge in [-0.05, 0) is 48.4 Å². The molecule has 1 aromatic heterocycles. The lowest BCUT2D eigenvalue weighted by Gasteiger charge is -2.08. The fraction of sp³-hybridized carbons (Fsp3) is 0.150. The van der Waals surface area contributed by atoms with Crippen LogP contribution in [0.5, 0.6) is 5.75 Å². The van der Waals surface area contributed by atoms with E-state index in [1.807, 2.05) is 36.4 Å². The minimum absolute atomic E-state index is 0.210. The first-order chi connectivity index (χ1) is 12.7. The Morgan fingerprint density at radius 1 is 0.962 bits per heavy atom. The van der Waals surface area contributed by atoms with Crippen LogP contribution in [-0.4, -0.2) is 29.8 Å². The summed E-state index contributed by atoms with van der Waals surface area (Å²) < 4.78 is 5.22. The van der Waals surface area contributed by atoms with Crippen LogP contribution in [0.15, 0.2) is 66.7 Å². The molecule has 3 rings (SSSR count). The van der Waals surface area contributed by atoms with Crippen LogP contribution in [0, 0.1) is 0 Å². The summed E-state index contributed by atoms with van der Waals surface area (Å²) in [6, 6.07) is 20.5. The number of carbonyl (C=O) groups excluding carboxylic acids is 1. The molecule has 26 heavy (non-hydrogen) atoms. The Bertz CT molecular complexity index is 851. The number of amides is 1. The van der Waals surface area contributed by atoms with Crippen molar-refractivity contribution < 1.29 is 9.53 Å². The summed E-state index contributed by atoms with van der Waals surface area (Å²) >= 11 is 0. The maximum atomic E-state index is 12.1. The summed E-state index contributed by atoms with van der Waals surface area (Å²) in [4.78, 5) is 12.1. The molecule has 132 valence electrons. The molecule has 0 fully saturated rings. The number of rotatable bonds is 7. The van der Waals surface area contributed by atoms with Crippen LogP contribution in [0.25, 0.3) is 0 Å².